The number of fused-ring (bicyclic) bond motifs is 1. The van der Waals surface area contributed by atoms with Crippen molar-refractivity contribution in [3.63, 3.8) is 0 Å². The summed E-state index contributed by atoms with van der Waals surface area (Å²) in [4.78, 5) is 55.1. The number of carbonyl (C=O) groups is 4. The molecule has 1 aliphatic rings. The predicted octanol–water partition coefficient (Wildman–Crippen LogP) is 3.34. The third kappa shape index (κ3) is 8.18. The molecule has 0 saturated carbocycles. The summed E-state index contributed by atoms with van der Waals surface area (Å²) >= 11 is 0. The average Bonchev–Trinajstić information content (AvgIpc) is 3.60. The van der Waals surface area contributed by atoms with E-state index < -0.39 is 48.6 Å². The van der Waals surface area contributed by atoms with Crippen LogP contribution >= 0.6 is 0 Å². The van der Waals surface area contributed by atoms with Gasteiger partial charge >= 0.3 is 17.9 Å². The first-order chi connectivity index (χ1) is 23.4. The van der Waals surface area contributed by atoms with Crippen molar-refractivity contribution in [1.29, 1.82) is 0 Å². The number of aromatic hydroxyl groups is 1. The Morgan fingerprint density at radius 3 is 2.18 bits per heavy atom. The van der Waals surface area contributed by atoms with Gasteiger partial charge in [0.1, 0.15) is 23.3 Å². The summed E-state index contributed by atoms with van der Waals surface area (Å²) in [5, 5.41) is 28.6. The number of methoxy groups -OCH3 is 1. The molecule has 2 aromatic carbocycles. The quantitative estimate of drug-likeness (QED) is 0.130. The molecular formula is C32H34N6O11. The first-order valence-electron chi connectivity index (χ1n) is 15.0. The standard InChI is InChI=1S/C32H34N6O11/c1-17(39)14-26-28(45-18(2)40)29(46-19(3)41)30(47-20(4)42)32(48-26)49-38-16-22(34-36-38)15-37-25-9-7-6-8-24(25)27(31(37)43)35-33-21-10-12-23(44-5)13-11-21/h6-13,16,26,28-30,32,43H,14-15H2,1-5H3/t26-,28+,29+,30-,32+/m1/s1. The Hall–Kier alpha value is -5.84. The lowest BCUT2D eigenvalue weighted by Gasteiger charge is -2.43. The number of azo groups is 1. The molecule has 0 bridgehead atoms. The number of hydrogen-bond donors (Lipinski definition) is 1. The van der Waals surface area contributed by atoms with E-state index in [-0.39, 0.29) is 30.3 Å². The van der Waals surface area contributed by atoms with Gasteiger partial charge in [-0.15, -0.1) is 10.2 Å². The van der Waals surface area contributed by atoms with Crippen LogP contribution in [0, 0.1) is 0 Å². The van der Waals surface area contributed by atoms with E-state index in [1.54, 1.807) is 60.2 Å². The minimum Gasteiger partial charge on any atom is -0.497 e. The average molecular weight is 679 g/mol. The number of esters is 3. The fourth-order valence-electron chi connectivity index (χ4n) is 5.35. The Kier molecular flexibility index (Phi) is 10.5. The maximum absolute atomic E-state index is 12.1. The highest BCUT2D eigenvalue weighted by molar-refractivity contribution is 5.95. The van der Waals surface area contributed by atoms with Crippen LogP contribution in [0.1, 0.15) is 39.8 Å². The Balaban J connectivity index is 1.42. The van der Waals surface area contributed by atoms with Crippen molar-refractivity contribution < 1.29 is 52.8 Å². The second-order valence-corrected chi connectivity index (χ2v) is 11.1. The number of para-hydroxylation sites is 1. The first kappa shape index (κ1) is 34.5. The third-order valence-electron chi connectivity index (χ3n) is 7.29. The van der Waals surface area contributed by atoms with Gasteiger partial charge in [0.15, 0.2) is 17.9 Å². The molecule has 17 heteroatoms. The lowest BCUT2D eigenvalue weighted by molar-refractivity contribution is -0.305. The number of nitrogens with zero attached hydrogens (tertiary/aromatic N) is 6. The summed E-state index contributed by atoms with van der Waals surface area (Å²) in [7, 11) is 1.56. The molecule has 3 heterocycles. The number of ketones is 1. The van der Waals surface area contributed by atoms with E-state index in [9.17, 15) is 24.3 Å². The Morgan fingerprint density at radius 2 is 1.53 bits per heavy atom. The van der Waals surface area contributed by atoms with Crippen LogP contribution in [0.4, 0.5) is 11.4 Å². The molecule has 0 spiro atoms. The van der Waals surface area contributed by atoms with E-state index in [4.69, 9.17) is 28.5 Å². The van der Waals surface area contributed by atoms with E-state index >= 15 is 0 Å². The van der Waals surface area contributed by atoms with Crippen molar-refractivity contribution >= 4 is 46.0 Å². The number of rotatable bonds is 12. The summed E-state index contributed by atoms with van der Waals surface area (Å²) < 4.78 is 28.9. The van der Waals surface area contributed by atoms with Crippen molar-refractivity contribution in [2.45, 2.75) is 71.4 Å². The molecule has 1 saturated heterocycles. The van der Waals surface area contributed by atoms with Crippen LogP contribution in [-0.4, -0.2) is 86.3 Å². The van der Waals surface area contributed by atoms with E-state index in [1.165, 1.54) is 13.1 Å². The summed E-state index contributed by atoms with van der Waals surface area (Å²) in [6.45, 7) is 4.70. The third-order valence-corrected chi connectivity index (χ3v) is 7.29. The maximum atomic E-state index is 12.1. The van der Waals surface area contributed by atoms with Gasteiger partial charge in [-0.1, -0.05) is 23.0 Å². The molecule has 5 atom stereocenters. The van der Waals surface area contributed by atoms with Crippen LogP contribution in [0.3, 0.4) is 0 Å². The zero-order valence-electron chi connectivity index (χ0n) is 27.2. The summed E-state index contributed by atoms with van der Waals surface area (Å²) in [5.74, 6) is -2.12. The van der Waals surface area contributed by atoms with E-state index in [1.807, 2.05) is 0 Å². The van der Waals surface area contributed by atoms with Crippen LogP contribution < -0.4 is 9.57 Å². The molecule has 0 amide bonds. The SMILES string of the molecule is COc1ccc(N=Nc2c(O)n(Cc3cn(O[C@@H]4O[C@H](CC(C)=O)[C@H](OC(C)=O)[C@H](OC(C)=O)[C@H]4OC(C)=O)nn3)c3ccccc23)cc1. The Labute approximate surface area is 279 Å². The molecule has 0 radical (unpaired) electrons. The molecule has 0 unspecified atom stereocenters. The van der Waals surface area contributed by atoms with Gasteiger partial charge in [0.2, 0.25) is 12.0 Å². The summed E-state index contributed by atoms with van der Waals surface area (Å²) in [5.41, 5.74) is 1.75. The molecule has 49 heavy (non-hydrogen) atoms. The molecule has 2 aromatic heterocycles. The zero-order chi connectivity index (χ0) is 35.2. The fraction of sp³-hybridized carbons (Fsp3) is 0.375. The first-order valence-corrected chi connectivity index (χ1v) is 15.0. The molecule has 17 nitrogen and oxygen atoms in total. The lowest BCUT2D eigenvalue weighted by Crippen LogP contribution is -2.63. The van der Waals surface area contributed by atoms with Crippen LogP contribution in [-0.2, 0) is 44.7 Å². The van der Waals surface area contributed by atoms with Gasteiger partial charge in [-0.25, -0.2) is 0 Å². The van der Waals surface area contributed by atoms with Gasteiger partial charge in [-0.05, 0) is 42.5 Å². The number of hydrogen-bond acceptors (Lipinski definition) is 15. The van der Waals surface area contributed by atoms with Gasteiger partial charge < -0.3 is 38.2 Å². The van der Waals surface area contributed by atoms with E-state index in [2.05, 4.69) is 20.5 Å². The van der Waals surface area contributed by atoms with Crippen LogP contribution in [0.5, 0.6) is 11.6 Å². The van der Waals surface area contributed by atoms with Crippen molar-refractivity contribution in [3.8, 4) is 11.6 Å². The highest BCUT2D eigenvalue weighted by Crippen LogP contribution is 2.40. The molecule has 4 aromatic rings. The number of benzene rings is 2. The highest BCUT2D eigenvalue weighted by Gasteiger charge is 2.53. The molecule has 1 aliphatic heterocycles. The monoisotopic (exact) mass is 678 g/mol. The normalized spacial score (nSPS) is 20.6. The van der Waals surface area contributed by atoms with Crippen molar-refractivity contribution in [2.24, 2.45) is 10.2 Å². The molecule has 258 valence electrons. The van der Waals surface area contributed by atoms with Crippen LogP contribution in [0.15, 0.2) is 65.0 Å². The summed E-state index contributed by atoms with van der Waals surface area (Å²) in [6.07, 6.45) is -5.64. The van der Waals surface area contributed by atoms with Crippen molar-refractivity contribution in [3.05, 3.63) is 60.4 Å². The van der Waals surface area contributed by atoms with Crippen LogP contribution in [0.25, 0.3) is 10.9 Å². The fourth-order valence-corrected chi connectivity index (χ4v) is 5.35. The second-order valence-electron chi connectivity index (χ2n) is 11.1. The van der Waals surface area contributed by atoms with E-state index in [0.717, 1.165) is 25.6 Å². The largest absolute Gasteiger partial charge is 0.497 e. The second kappa shape index (κ2) is 14.9. The smallest absolute Gasteiger partial charge is 0.303 e. The van der Waals surface area contributed by atoms with Gasteiger partial charge in [0.05, 0.1) is 31.1 Å². The number of ether oxygens (including phenoxy) is 5. The molecule has 0 aliphatic carbocycles. The Morgan fingerprint density at radius 1 is 0.878 bits per heavy atom. The molecule has 1 fully saturated rings. The Bertz CT molecular complexity index is 1870. The van der Waals surface area contributed by atoms with Crippen molar-refractivity contribution in [1.82, 2.24) is 19.7 Å². The minimum atomic E-state index is -1.50. The number of aromatic nitrogens is 4. The minimum absolute atomic E-state index is 0.0181. The molecule has 5 rings (SSSR count). The predicted molar refractivity (Wildman–Crippen MR) is 167 cm³/mol. The number of carbonyl (C=O) groups excluding carboxylic acids is 4. The molecular weight excluding hydrogens is 644 g/mol. The number of Topliss-reactive ketones (excluding diaryl/α,β-unsaturated/α-hetero) is 1. The van der Waals surface area contributed by atoms with Gasteiger partial charge in [0, 0.05) is 32.6 Å². The van der Waals surface area contributed by atoms with E-state index in [0.29, 0.717) is 28.0 Å². The maximum Gasteiger partial charge on any atom is 0.303 e. The molecule has 1 N–H and O–H groups in total. The van der Waals surface area contributed by atoms with Gasteiger partial charge in [-0.3, -0.25) is 19.2 Å². The highest BCUT2D eigenvalue weighted by atomic mass is 16.8. The van der Waals surface area contributed by atoms with Gasteiger partial charge in [-0.2, -0.15) is 5.11 Å². The van der Waals surface area contributed by atoms with Crippen LogP contribution in [0.2, 0.25) is 0 Å². The summed E-state index contributed by atoms with van der Waals surface area (Å²) in [6, 6.07) is 14.1. The zero-order valence-corrected chi connectivity index (χ0v) is 27.2. The lowest BCUT2D eigenvalue weighted by atomic mass is 9.95. The topological polar surface area (TPSA) is 204 Å². The van der Waals surface area contributed by atoms with Crippen molar-refractivity contribution in [2.75, 3.05) is 7.11 Å². The van der Waals surface area contributed by atoms with Gasteiger partial charge in [0.25, 0.3) is 6.29 Å².